The van der Waals surface area contributed by atoms with Crippen molar-refractivity contribution in [2.75, 3.05) is 10.0 Å². The SMILES string of the molecule is Cc1ccc(NC(=O)C[C@@H]2CCC[C@H]2N)cc1NS(=O)(=O)c1ccccc1.Cl. The van der Waals surface area contributed by atoms with Gasteiger partial charge in [-0.15, -0.1) is 12.4 Å². The molecule has 1 amide bonds. The second-order valence-electron chi connectivity index (χ2n) is 7.06. The molecule has 2 aromatic carbocycles. The first-order valence-corrected chi connectivity index (χ1v) is 10.6. The van der Waals surface area contributed by atoms with E-state index in [-0.39, 0.29) is 35.2 Å². The summed E-state index contributed by atoms with van der Waals surface area (Å²) < 4.78 is 27.7. The molecule has 0 radical (unpaired) electrons. The third-order valence-corrected chi connectivity index (χ3v) is 6.37. The smallest absolute Gasteiger partial charge is 0.261 e. The van der Waals surface area contributed by atoms with Crippen LogP contribution in [0.3, 0.4) is 0 Å². The zero-order valence-corrected chi connectivity index (χ0v) is 17.4. The summed E-state index contributed by atoms with van der Waals surface area (Å²) in [5.41, 5.74) is 7.80. The number of rotatable bonds is 6. The van der Waals surface area contributed by atoms with Crippen LogP contribution in [0.1, 0.15) is 31.2 Å². The number of halogens is 1. The molecule has 0 heterocycles. The summed E-state index contributed by atoms with van der Waals surface area (Å²) in [6.07, 6.45) is 3.40. The number of nitrogens with one attached hydrogen (secondary N) is 2. The maximum Gasteiger partial charge on any atom is 0.261 e. The Labute approximate surface area is 172 Å². The van der Waals surface area contributed by atoms with Gasteiger partial charge in [0.25, 0.3) is 10.0 Å². The molecule has 1 saturated carbocycles. The Kier molecular flexibility index (Phi) is 7.46. The van der Waals surface area contributed by atoms with Crippen molar-refractivity contribution in [3.8, 4) is 0 Å². The number of sulfonamides is 1. The summed E-state index contributed by atoms with van der Waals surface area (Å²) in [5, 5.41) is 2.85. The molecule has 1 aliphatic rings. The standard InChI is InChI=1S/C20H25N3O3S.ClH/c1-14-10-11-16(22-20(24)12-15-6-5-9-18(15)21)13-19(14)23-27(25,26)17-7-3-2-4-8-17;/h2-4,7-8,10-11,13,15,18,23H,5-6,9,12,21H2,1H3,(H,22,24);1H/t15-,18+;/m0./s1. The first-order valence-electron chi connectivity index (χ1n) is 9.09. The normalized spacial score (nSPS) is 18.9. The molecule has 1 fully saturated rings. The van der Waals surface area contributed by atoms with E-state index in [1.807, 2.05) is 6.92 Å². The van der Waals surface area contributed by atoms with E-state index in [2.05, 4.69) is 10.0 Å². The third kappa shape index (κ3) is 5.47. The number of hydrogen-bond acceptors (Lipinski definition) is 4. The lowest BCUT2D eigenvalue weighted by molar-refractivity contribution is -0.117. The van der Waals surface area contributed by atoms with Gasteiger partial charge < -0.3 is 11.1 Å². The van der Waals surface area contributed by atoms with Crippen LogP contribution in [0.5, 0.6) is 0 Å². The molecule has 8 heteroatoms. The molecule has 152 valence electrons. The van der Waals surface area contributed by atoms with Crippen LogP contribution in [0.25, 0.3) is 0 Å². The number of nitrogens with two attached hydrogens (primary N) is 1. The molecule has 0 spiro atoms. The molecule has 28 heavy (non-hydrogen) atoms. The number of carbonyl (C=O) groups is 1. The first kappa shape index (κ1) is 22.2. The van der Waals surface area contributed by atoms with Gasteiger partial charge in [-0.25, -0.2) is 8.42 Å². The molecule has 6 nitrogen and oxygen atoms in total. The second-order valence-corrected chi connectivity index (χ2v) is 8.74. The van der Waals surface area contributed by atoms with E-state index < -0.39 is 10.0 Å². The molecule has 0 bridgehead atoms. The van der Waals surface area contributed by atoms with Gasteiger partial charge in [0.15, 0.2) is 0 Å². The van der Waals surface area contributed by atoms with E-state index in [0.29, 0.717) is 17.8 Å². The third-order valence-electron chi connectivity index (χ3n) is 4.98. The van der Waals surface area contributed by atoms with Gasteiger partial charge in [0.05, 0.1) is 10.6 Å². The van der Waals surface area contributed by atoms with Gasteiger partial charge in [0.1, 0.15) is 0 Å². The number of benzene rings is 2. The van der Waals surface area contributed by atoms with Crippen molar-refractivity contribution < 1.29 is 13.2 Å². The summed E-state index contributed by atoms with van der Waals surface area (Å²) >= 11 is 0. The molecule has 4 N–H and O–H groups in total. The average Bonchev–Trinajstić information content (AvgIpc) is 3.03. The zero-order chi connectivity index (χ0) is 19.4. The largest absolute Gasteiger partial charge is 0.327 e. The number of anilines is 2. The molecule has 0 saturated heterocycles. The van der Waals surface area contributed by atoms with Gasteiger partial charge in [-0.3, -0.25) is 9.52 Å². The van der Waals surface area contributed by atoms with Crippen molar-refractivity contribution in [2.24, 2.45) is 11.7 Å². The Morgan fingerprint density at radius 3 is 2.50 bits per heavy atom. The summed E-state index contributed by atoms with van der Waals surface area (Å²) in [4.78, 5) is 12.5. The Balaban J connectivity index is 0.00000280. The van der Waals surface area contributed by atoms with Crippen LogP contribution in [0.2, 0.25) is 0 Å². The van der Waals surface area contributed by atoms with Gasteiger partial charge in [-0.05, 0) is 55.5 Å². The molecular formula is C20H26ClN3O3S. The van der Waals surface area contributed by atoms with E-state index in [1.165, 1.54) is 12.1 Å². The lowest BCUT2D eigenvalue weighted by Crippen LogP contribution is -2.28. The number of aryl methyl sites for hydroxylation is 1. The minimum Gasteiger partial charge on any atom is -0.327 e. The van der Waals surface area contributed by atoms with E-state index in [0.717, 1.165) is 24.8 Å². The van der Waals surface area contributed by atoms with Crippen molar-refractivity contribution in [1.82, 2.24) is 0 Å². The Morgan fingerprint density at radius 2 is 1.86 bits per heavy atom. The highest BCUT2D eigenvalue weighted by atomic mass is 35.5. The lowest BCUT2D eigenvalue weighted by atomic mass is 10.00. The average molecular weight is 424 g/mol. The maximum atomic E-state index is 12.5. The minimum atomic E-state index is -3.69. The summed E-state index contributed by atoms with van der Waals surface area (Å²) in [6, 6.07) is 13.4. The fourth-order valence-electron chi connectivity index (χ4n) is 3.38. The van der Waals surface area contributed by atoms with Crippen LogP contribution in [0.15, 0.2) is 53.4 Å². The Bertz CT molecular complexity index is 920. The zero-order valence-electron chi connectivity index (χ0n) is 15.7. The van der Waals surface area contributed by atoms with E-state index in [4.69, 9.17) is 5.73 Å². The van der Waals surface area contributed by atoms with E-state index >= 15 is 0 Å². The van der Waals surface area contributed by atoms with Gasteiger partial charge in [-0.1, -0.05) is 30.7 Å². The predicted molar refractivity (Wildman–Crippen MR) is 114 cm³/mol. The van der Waals surface area contributed by atoms with Gasteiger partial charge >= 0.3 is 0 Å². The van der Waals surface area contributed by atoms with Crippen LogP contribution < -0.4 is 15.8 Å². The van der Waals surface area contributed by atoms with Crippen molar-refractivity contribution in [1.29, 1.82) is 0 Å². The van der Waals surface area contributed by atoms with Crippen molar-refractivity contribution in [3.63, 3.8) is 0 Å². The molecular weight excluding hydrogens is 398 g/mol. The van der Waals surface area contributed by atoms with Gasteiger partial charge in [0.2, 0.25) is 5.91 Å². The van der Waals surface area contributed by atoms with Crippen molar-refractivity contribution in [3.05, 3.63) is 54.1 Å². The fraction of sp³-hybridized carbons (Fsp3) is 0.350. The predicted octanol–water partition coefficient (Wildman–Crippen LogP) is 3.67. The van der Waals surface area contributed by atoms with Crippen molar-refractivity contribution >= 4 is 39.7 Å². The number of amides is 1. The summed E-state index contributed by atoms with van der Waals surface area (Å²) in [6.45, 7) is 1.81. The summed E-state index contributed by atoms with van der Waals surface area (Å²) in [7, 11) is -3.69. The summed E-state index contributed by atoms with van der Waals surface area (Å²) in [5.74, 6) is 0.115. The van der Waals surface area contributed by atoms with Crippen LogP contribution in [-0.2, 0) is 14.8 Å². The Morgan fingerprint density at radius 1 is 1.14 bits per heavy atom. The minimum absolute atomic E-state index is 0. The van der Waals surface area contributed by atoms with E-state index in [9.17, 15) is 13.2 Å². The highest BCUT2D eigenvalue weighted by Gasteiger charge is 2.26. The highest BCUT2D eigenvalue weighted by Crippen LogP contribution is 2.28. The lowest BCUT2D eigenvalue weighted by Gasteiger charge is -2.16. The van der Waals surface area contributed by atoms with Crippen molar-refractivity contribution in [2.45, 2.75) is 43.5 Å². The second kappa shape index (κ2) is 9.41. The van der Waals surface area contributed by atoms with E-state index in [1.54, 1.807) is 36.4 Å². The van der Waals surface area contributed by atoms with Gasteiger partial charge in [0, 0.05) is 18.2 Å². The molecule has 2 aromatic rings. The molecule has 1 aliphatic carbocycles. The Hall–Kier alpha value is -2.09. The van der Waals surface area contributed by atoms with Crippen LogP contribution in [0.4, 0.5) is 11.4 Å². The molecule has 0 aliphatic heterocycles. The fourth-order valence-corrected chi connectivity index (χ4v) is 4.52. The van der Waals surface area contributed by atoms with Crippen LogP contribution in [0, 0.1) is 12.8 Å². The highest BCUT2D eigenvalue weighted by molar-refractivity contribution is 7.92. The molecule has 0 aromatic heterocycles. The first-order chi connectivity index (χ1) is 12.8. The van der Waals surface area contributed by atoms with Gasteiger partial charge in [-0.2, -0.15) is 0 Å². The van der Waals surface area contributed by atoms with Crippen LogP contribution >= 0.6 is 12.4 Å². The number of hydrogen-bond donors (Lipinski definition) is 3. The topological polar surface area (TPSA) is 101 Å². The molecule has 2 atom stereocenters. The molecule has 0 unspecified atom stereocenters. The quantitative estimate of drug-likeness (QED) is 0.659. The maximum absolute atomic E-state index is 12.5. The van der Waals surface area contributed by atoms with Crippen LogP contribution in [-0.4, -0.2) is 20.4 Å². The number of carbonyl (C=O) groups excluding carboxylic acids is 1. The molecule has 3 rings (SSSR count). The monoisotopic (exact) mass is 423 g/mol.